The van der Waals surface area contributed by atoms with Crippen LogP contribution in [-0.2, 0) is 22.8 Å². The summed E-state index contributed by atoms with van der Waals surface area (Å²) in [5, 5.41) is 6.66. The van der Waals surface area contributed by atoms with Crippen LogP contribution in [0.25, 0.3) is 0 Å². The summed E-state index contributed by atoms with van der Waals surface area (Å²) in [6, 6.07) is 15.7. The fourth-order valence-electron chi connectivity index (χ4n) is 2.94. The molecule has 0 radical (unpaired) electrons. The number of nitrogens with one attached hydrogen (secondary N) is 2. The van der Waals surface area contributed by atoms with Crippen molar-refractivity contribution >= 4 is 39.8 Å². The van der Waals surface area contributed by atoms with Crippen LogP contribution in [0.5, 0.6) is 0 Å². The normalized spacial score (nSPS) is 13.0. The van der Waals surface area contributed by atoms with E-state index in [1.165, 1.54) is 17.4 Å². The van der Waals surface area contributed by atoms with Crippen LogP contribution in [0, 0.1) is 5.92 Å². The SMILES string of the molecule is CN=C(NCc1ccc(S(C)(=O)=O)cc1)NC(C)c1ccc(CC(C)C)cc1.I. The van der Waals surface area contributed by atoms with Gasteiger partial charge in [-0.05, 0) is 48.1 Å². The molecule has 2 rings (SSSR count). The summed E-state index contributed by atoms with van der Waals surface area (Å²) in [5.41, 5.74) is 3.54. The van der Waals surface area contributed by atoms with E-state index in [0.29, 0.717) is 23.3 Å². The lowest BCUT2D eigenvalue weighted by Crippen LogP contribution is -2.38. The number of nitrogens with zero attached hydrogens (tertiary/aromatic N) is 1. The Balaban J connectivity index is 0.00000420. The predicted octanol–water partition coefficient (Wildman–Crippen LogP) is 4.33. The fraction of sp³-hybridized carbons (Fsp3) is 0.409. The van der Waals surface area contributed by atoms with Gasteiger partial charge in [-0.15, -0.1) is 24.0 Å². The molecule has 0 aliphatic carbocycles. The second-order valence-corrected chi connectivity index (χ2v) is 9.56. The Morgan fingerprint density at radius 1 is 0.966 bits per heavy atom. The average molecular weight is 529 g/mol. The van der Waals surface area contributed by atoms with Crippen LogP contribution in [0.4, 0.5) is 0 Å². The highest BCUT2D eigenvalue weighted by molar-refractivity contribution is 14.0. The largest absolute Gasteiger partial charge is 0.352 e. The Bertz CT molecular complexity index is 893. The van der Waals surface area contributed by atoms with Crippen LogP contribution in [0.15, 0.2) is 58.4 Å². The molecule has 0 saturated carbocycles. The maximum absolute atomic E-state index is 11.5. The van der Waals surface area contributed by atoms with E-state index < -0.39 is 9.84 Å². The summed E-state index contributed by atoms with van der Waals surface area (Å²) in [7, 11) is -1.43. The van der Waals surface area contributed by atoms with E-state index in [1.54, 1.807) is 19.2 Å². The average Bonchev–Trinajstić information content (AvgIpc) is 2.64. The summed E-state index contributed by atoms with van der Waals surface area (Å²) in [5.74, 6) is 1.35. The van der Waals surface area contributed by atoms with Crippen molar-refractivity contribution in [1.29, 1.82) is 0 Å². The molecule has 0 fully saturated rings. The van der Waals surface area contributed by atoms with Crippen LogP contribution in [0.2, 0.25) is 0 Å². The molecule has 1 atom stereocenters. The Morgan fingerprint density at radius 3 is 2.00 bits per heavy atom. The van der Waals surface area contributed by atoms with Crippen molar-refractivity contribution in [3.8, 4) is 0 Å². The molecular weight excluding hydrogens is 497 g/mol. The zero-order chi connectivity index (χ0) is 20.7. The first-order valence-electron chi connectivity index (χ1n) is 9.54. The molecule has 1 unspecified atom stereocenters. The molecule has 0 bridgehead atoms. The minimum Gasteiger partial charge on any atom is -0.352 e. The van der Waals surface area contributed by atoms with Crippen molar-refractivity contribution in [2.24, 2.45) is 10.9 Å². The molecule has 7 heteroatoms. The van der Waals surface area contributed by atoms with Crippen LogP contribution in [0.1, 0.15) is 43.5 Å². The maximum atomic E-state index is 11.5. The van der Waals surface area contributed by atoms with Gasteiger partial charge in [0.25, 0.3) is 0 Å². The van der Waals surface area contributed by atoms with E-state index in [0.717, 1.165) is 12.0 Å². The molecule has 0 aromatic heterocycles. The third-order valence-electron chi connectivity index (χ3n) is 4.51. The van der Waals surface area contributed by atoms with Gasteiger partial charge in [-0.3, -0.25) is 4.99 Å². The van der Waals surface area contributed by atoms with Gasteiger partial charge in [0.1, 0.15) is 0 Å². The lowest BCUT2D eigenvalue weighted by atomic mass is 10.00. The Labute approximate surface area is 192 Å². The lowest BCUT2D eigenvalue weighted by molar-refractivity contribution is 0.602. The minimum atomic E-state index is -3.17. The molecule has 0 saturated heterocycles. The quantitative estimate of drug-likeness (QED) is 0.318. The maximum Gasteiger partial charge on any atom is 0.191 e. The van der Waals surface area contributed by atoms with Crippen molar-refractivity contribution in [1.82, 2.24) is 10.6 Å². The number of guanidine groups is 1. The molecule has 2 aromatic carbocycles. The van der Waals surface area contributed by atoms with Crippen LogP contribution >= 0.6 is 24.0 Å². The van der Waals surface area contributed by atoms with Gasteiger partial charge >= 0.3 is 0 Å². The highest BCUT2D eigenvalue weighted by atomic mass is 127. The minimum absolute atomic E-state index is 0. The molecule has 2 N–H and O–H groups in total. The smallest absolute Gasteiger partial charge is 0.191 e. The Morgan fingerprint density at radius 2 is 1.52 bits per heavy atom. The van der Waals surface area contributed by atoms with Gasteiger partial charge in [-0.2, -0.15) is 0 Å². The van der Waals surface area contributed by atoms with Crippen LogP contribution < -0.4 is 10.6 Å². The third-order valence-corrected chi connectivity index (χ3v) is 5.64. The monoisotopic (exact) mass is 529 g/mol. The second-order valence-electron chi connectivity index (χ2n) is 7.55. The number of sulfone groups is 1. The van der Waals surface area contributed by atoms with Gasteiger partial charge < -0.3 is 10.6 Å². The summed E-state index contributed by atoms with van der Waals surface area (Å²) >= 11 is 0. The number of hydrogen-bond donors (Lipinski definition) is 2. The van der Waals surface area contributed by atoms with Crippen molar-refractivity contribution in [3.05, 3.63) is 65.2 Å². The number of aliphatic imine (C=N–C) groups is 1. The first-order valence-corrected chi connectivity index (χ1v) is 11.4. The summed E-state index contributed by atoms with van der Waals surface area (Å²) in [6.07, 6.45) is 2.30. The van der Waals surface area contributed by atoms with Gasteiger partial charge in [0, 0.05) is 19.8 Å². The molecule has 0 amide bonds. The number of rotatable bonds is 7. The molecule has 0 heterocycles. The molecule has 5 nitrogen and oxygen atoms in total. The van der Waals surface area contributed by atoms with E-state index in [2.05, 4.69) is 60.7 Å². The molecule has 29 heavy (non-hydrogen) atoms. The zero-order valence-corrected chi connectivity index (χ0v) is 20.9. The fourth-order valence-corrected chi connectivity index (χ4v) is 3.57. The van der Waals surface area contributed by atoms with E-state index in [-0.39, 0.29) is 30.0 Å². The summed E-state index contributed by atoms with van der Waals surface area (Å²) in [4.78, 5) is 4.61. The lowest BCUT2D eigenvalue weighted by Gasteiger charge is -2.19. The molecule has 2 aromatic rings. The van der Waals surface area contributed by atoms with Gasteiger partial charge in [0.2, 0.25) is 0 Å². The third kappa shape index (κ3) is 8.34. The highest BCUT2D eigenvalue weighted by Crippen LogP contribution is 2.15. The van der Waals surface area contributed by atoms with Gasteiger partial charge in [-0.1, -0.05) is 50.2 Å². The van der Waals surface area contributed by atoms with Gasteiger partial charge in [0.15, 0.2) is 15.8 Å². The van der Waals surface area contributed by atoms with Crippen molar-refractivity contribution in [3.63, 3.8) is 0 Å². The molecule has 0 aliphatic heterocycles. The first-order chi connectivity index (χ1) is 13.2. The predicted molar refractivity (Wildman–Crippen MR) is 132 cm³/mol. The standard InChI is InChI=1S/C22H31N3O2S.HI/c1-16(2)14-18-6-10-20(11-7-18)17(3)25-22(23-4)24-15-19-8-12-21(13-9-19)28(5,26)27;/h6-13,16-17H,14-15H2,1-5H3,(H2,23,24,25);1H. The van der Waals surface area contributed by atoms with E-state index in [4.69, 9.17) is 0 Å². The van der Waals surface area contributed by atoms with Crippen molar-refractivity contribution < 1.29 is 8.42 Å². The van der Waals surface area contributed by atoms with Gasteiger partial charge in [0.05, 0.1) is 10.9 Å². The summed E-state index contributed by atoms with van der Waals surface area (Å²) < 4.78 is 23.1. The van der Waals surface area contributed by atoms with E-state index in [1.807, 2.05) is 12.1 Å². The Hall–Kier alpha value is -1.61. The number of benzene rings is 2. The first kappa shape index (κ1) is 25.4. The van der Waals surface area contributed by atoms with E-state index in [9.17, 15) is 8.42 Å². The van der Waals surface area contributed by atoms with E-state index >= 15 is 0 Å². The summed E-state index contributed by atoms with van der Waals surface area (Å²) in [6.45, 7) is 7.11. The highest BCUT2D eigenvalue weighted by Gasteiger charge is 2.09. The van der Waals surface area contributed by atoms with Crippen molar-refractivity contribution in [2.75, 3.05) is 13.3 Å². The van der Waals surface area contributed by atoms with Crippen molar-refractivity contribution in [2.45, 2.75) is 44.7 Å². The zero-order valence-electron chi connectivity index (χ0n) is 17.8. The number of halogens is 1. The van der Waals surface area contributed by atoms with Crippen LogP contribution in [0.3, 0.4) is 0 Å². The molecule has 0 aliphatic rings. The second kappa shape index (κ2) is 11.5. The molecule has 160 valence electrons. The topological polar surface area (TPSA) is 70.6 Å². The molecule has 0 spiro atoms. The Kier molecular flexibility index (Phi) is 10.1. The molecular formula is C22H32IN3O2S. The number of hydrogen-bond acceptors (Lipinski definition) is 3. The van der Waals surface area contributed by atoms with Gasteiger partial charge in [-0.25, -0.2) is 8.42 Å². The van der Waals surface area contributed by atoms with Crippen LogP contribution in [-0.4, -0.2) is 27.7 Å².